The van der Waals surface area contributed by atoms with Crippen LogP contribution in [0.4, 0.5) is 0 Å². The molecule has 0 unspecified atom stereocenters. The second kappa shape index (κ2) is 5.15. The normalized spacial score (nSPS) is 10.8. The average molecular weight is 291 g/mol. The van der Waals surface area contributed by atoms with Crippen LogP contribution in [0, 0.1) is 6.92 Å². The molecule has 0 fully saturated rings. The predicted molar refractivity (Wildman–Crippen MR) is 77.9 cm³/mol. The van der Waals surface area contributed by atoms with Gasteiger partial charge < -0.3 is 4.74 Å². The van der Waals surface area contributed by atoms with Crippen molar-refractivity contribution < 1.29 is 4.74 Å². The van der Waals surface area contributed by atoms with Gasteiger partial charge in [0.05, 0.1) is 0 Å². The van der Waals surface area contributed by atoms with E-state index in [1.165, 1.54) is 4.88 Å². The molecule has 0 radical (unpaired) electrons. The standard InChI is InChI=1S/C14H11ClN2OS/c1-9-7-11-13(15)16-12(17-14(11)19-9)8-18-10-5-3-2-4-6-10/h2-7H,8H2,1H3. The van der Waals surface area contributed by atoms with Crippen molar-refractivity contribution in [2.24, 2.45) is 0 Å². The van der Waals surface area contributed by atoms with Crippen LogP contribution >= 0.6 is 22.9 Å². The van der Waals surface area contributed by atoms with E-state index < -0.39 is 0 Å². The van der Waals surface area contributed by atoms with Gasteiger partial charge in [0.25, 0.3) is 0 Å². The lowest BCUT2D eigenvalue weighted by molar-refractivity contribution is 0.296. The highest BCUT2D eigenvalue weighted by atomic mass is 35.5. The first-order chi connectivity index (χ1) is 9.22. The summed E-state index contributed by atoms with van der Waals surface area (Å²) in [6.07, 6.45) is 0. The lowest BCUT2D eigenvalue weighted by atomic mass is 10.3. The van der Waals surface area contributed by atoms with Crippen molar-refractivity contribution in [2.45, 2.75) is 13.5 Å². The van der Waals surface area contributed by atoms with Crippen molar-refractivity contribution in [1.29, 1.82) is 0 Å². The molecule has 19 heavy (non-hydrogen) atoms. The van der Waals surface area contributed by atoms with E-state index in [1.54, 1.807) is 11.3 Å². The molecule has 0 aliphatic rings. The predicted octanol–water partition coefficient (Wildman–Crippen LogP) is 4.23. The molecule has 2 heterocycles. The molecule has 0 amide bonds. The number of halogens is 1. The molecular formula is C14H11ClN2OS. The fraction of sp³-hybridized carbons (Fsp3) is 0.143. The molecule has 3 rings (SSSR count). The molecule has 0 aliphatic carbocycles. The van der Waals surface area contributed by atoms with Crippen LogP contribution in [0.2, 0.25) is 5.15 Å². The van der Waals surface area contributed by atoms with Crippen molar-refractivity contribution in [3.05, 3.63) is 52.3 Å². The lowest BCUT2D eigenvalue weighted by Crippen LogP contribution is -2.01. The Morgan fingerprint density at radius 1 is 1.21 bits per heavy atom. The van der Waals surface area contributed by atoms with Crippen LogP contribution in [-0.2, 0) is 6.61 Å². The molecule has 2 aromatic heterocycles. The molecule has 3 nitrogen and oxygen atoms in total. The number of aromatic nitrogens is 2. The zero-order chi connectivity index (χ0) is 13.2. The minimum atomic E-state index is 0.316. The molecule has 0 atom stereocenters. The molecule has 0 spiro atoms. The van der Waals surface area contributed by atoms with Gasteiger partial charge in [0, 0.05) is 10.3 Å². The highest BCUT2D eigenvalue weighted by Gasteiger charge is 2.09. The van der Waals surface area contributed by atoms with Crippen LogP contribution < -0.4 is 4.74 Å². The second-order valence-corrected chi connectivity index (χ2v) is 5.70. The summed E-state index contributed by atoms with van der Waals surface area (Å²) in [5.41, 5.74) is 0. The number of nitrogens with zero attached hydrogens (tertiary/aromatic N) is 2. The zero-order valence-electron chi connectivity index (χ0n) is 10.3. The maximum Gasteiger partial charge on any atom is 0.169 e. The molecule has 0 aliphatic heterocycles. The number of hydrogen-bond acceptors (Lipinski definition) is 4. The first-order valence-corrected chi connectivity index (χ1v) is 7.02. The van der Waals surface area contributed by atoms with Crippen LogP contribution in [0.3, 0.4) is 0 Å². The highest BCUT2D eigenvalue weighted by Crippen LogP contribution is 2.28. The van der Waals surface area contributed by atoms with E-state index in [1.807, 2.05) is 43.3 Å². The molecular weight excluding hydrogens is 280 g/mol. The quantitative estimate of drug-likeness (QED) is 0.677. The SMILES string of the molecule is Cc1cc2c(Cl)nc(COc3ccccc3)nc2s1. The number of hydrogen-bond donors (Lipinski definition) is 0. The third kappa shape index (κ3) is 2.69. The molecule has 96 valence electrons. The smallest absolute Gasteiger partial charge is 0.169 e. The van der Waals surface area contributed by atoms with Gasteiger partial charge in [-0.25, -0.2) is 9.97 Å². The van der Waals surface area contributed by atoms with Crippen LogP contribution in [0.5, 0.6) is 5.75 Å². The average Bonchev–Trinajstić information content (AvgIpc) is 2.79. The van der Waals surface area contributed by atoms with E-state index in [-0.39, 0.29) is 0 Å². The Morgan fingerprint density at radius 3 is 2.79 bits per heavy atom. The second-order valence-electron chi connectivity index (χ2n) is 4.11. The van der Waals surface area contributed by atoms with Gasteiger partial charge in [-0.15, -0.1) is 11.3 Å². The first-order valence-electron chi connectivity index (χ1n) is 5.83. The topological polar surface area (TPSA) is 35.0 Å². The Hall–Kier alpha value is -1.65. The van der Waals surface area contributed by atoms with Gasteiger partial charge in [0.2, 0.25) is 0 Å². The van der Waals surface area contributed by atoms with Crippen molar-refractivity contribution in [1.82, 2.24) is 9.97 Å². The Balaban J connectivity index is 1.85. The summed E-state index contributed by atoms with van der Waals surface area (Å²) < 4.78 is 5.62. The van der Waals surface area contributed by atoms with Gasteiger partial charge in [0.1, 0.15) is 22.3 Å². The van der Waals surface area contributed by atoms with Crippen molar-refractivity contribution >= 4 is 33.2 Å². The molecule has 5 heteroatoms. The van der Waals surface area contributed by atoms with E-state index in [0.717, 1.165) is 16.0 Å². The highest BCUT2D eigenvalue weighted by molar-refractivity contribution is 7.18. The lowest BCUT2D eigenvalue weighted by Gasteiger charge is -2.05. The van der Waals surface area contributed by atoms with Crippen LogP contribution in [0.25, 0.3) is 10.2 Å². The largest absolute Gasteiger partial charge is 0.486 e. The van der Waals surface area contributed by atoms with Gasteiger partial charge in [-0.1, -0.05) is 29.8 Å². The molecule has 3 aromatic rings. The van der Waals surface area contributed by atoms with E-state index in [4.69, 9.17) is 16.3 Å². The van der Waals surface area contributed by atoms with E-state index in [9.17, 15) is 0 Å². The maximum atomic E-state index is 6.16. The fourth-order valence-electron chi connectivity index (χ4n) is 1.78. The van der Waals surface area contributed by atoms with Gasteiger partial charge in [-0.3, -0.25) is 0 Å². The molecule has 1 aromatic carbocycles. The summed E-state index contributed by atoms with van der Waals surface area (Å²) >= 11 is 7.77. The van der Waals surface area contributed by atoms with Crippen molar-refractivity contribution in [3.8, 4) is 5.75 Å². The summed E-state index contributed by atoms with van der Waals surface area (Å²) in [5, 5.41) is 1.40. The number of para-hydroxylation sites is 1. The molecule has 0 N–H and O–H groups in total. The summed E-state index contributed by atoms with van der Waals surface area (Å²) in [5.74, 6) is 1.40. The number of benzene rings is 1. The minimum Gasteiger partial charge on any atom is -0.486 e. The zero-order valence-corrected chi connectivity index (χ0v) is 11.8. The van der Waals surface area contributed by atoms with Gasteiger partial charge in [-0.05, 0) is 25.1 Å². The summed E-state index contributed by atoms with van der Waals surface area (Å²) in [6.45, 7) is 2.35. The molecule has 0 bridgehead atoms. The Labute approximate surface area is 119 Å². The molecule has 0 saturated heterocycles. The first kappa shape index (κ1) is 12.4. The van der Waals surface area contributed by atoms with Crippen LogP contribution in [0.1, 0.15) is 10.7 Å². The Morgan fingerprint density at radius 2 is 2.00 bits per heavy atom. The van der Waals surface area contributed by atoms with Crippen LogP contribution in [-0.4, -0.2) is 9.97 Å². The maximum absolute atomic E-state index is 6.16. The van der Waals surface area contributed by atoms with Crippen LogP contribution in [0.15, 0.2) is 36.4 Å². The minimum absolute atomic E-state index is 0.316. The number of fused-ring (bicyclic) bond motifs is 1. The summed E-state index contributed by atoms with van der Waals surface area (Å²) in [4.78, 5) is 10.8. The van der Waals surface area contributed by atoms with E-state index in [2.05, 4.69) is 9.97 Å². The molecule has 0 saturated carbocycles. The number of aryl methyl sites for hydroxylation is 1. The Bertz CT molecular complexity index is 712. The Kier molecular flexibility index (Phi) is 3.36. The third-order valence-corrected chi connectivity index (χ3v) is 3.86. The van der Waals surface area contributed by atoms with Crippen molar-refractivity contribution in [3.63, 3.8) is 0 Å². The monoisotopic (exact) mass is 290 g/mol. The van der Waals surface area contributed by atoms with E-state index >= 15 is 0 Å². The number of ether oxygens (including phenoxy) is 1. The number of rotatable bonds is 3. The van der Waals surface area contributed by atoms with Gasteiger partial charge in [0.15, 0.2) is 5.82 Å². The van der Waals surface area contributed by atoms with Gasteiger partial charge in [-0.2, -0.15) is 0 Å². The summed E-state index contributed by atoms with van der Waals surface area (Å²) in [7, 11) is 0. The summed E-state index contributed by atoms with van der Waals surface area (Å²) in [6, 6.07) is 11.6. The third-order valence-electron chi connectivity index (χ3n) is 2.63. The van der Waals surface area contributed by atoms with Crippen molar-refractivity contribution in [2.75, 3.05) is 0 Å². The number of thiophene rings is 1. The van der Waals surface area contributed by atoms with E-state index in [0.29, 0.717) is 17.6 Å². The fourth-order valence-corrected chi connectivity index (χ4v) is 2.97. The van der Waals surface area contributed by atoms with Gasteiger partial charge >= 0.3 is 0 Å².